The van der Waals surface area contributed by atoms with E-state index >= 15 is 0 Å². The molecule has 1 saturated heterocycles. The van der Waals surface area contributed by atoms with Crippen LogP contribution < -0.4 is 9.80 Å². The van der Waals surface area contributed by atoms with Gasteiger partial charge in [-0.1, -0.05) is 0 Å². The molecular weight excluding hydrogens is 228 g/mol. The van der Waals surface area contributed by atoms with E-state index in [-0.39, 0.29) is 5.91 Å². The summed E-state index contributed by atoms with van der Waals surface area (Å²) in [4.78, 5) is 24.8. The molecule has 1 fully saturated rings. The second-order valence-electron chi connectivity index (χ2n) is 4.88. The van der Waals surface area contributed by atoms with E-state index in [1.807, 2.05) is 13.1 Å². The highest BCUT2D eigenvalue weighted by Gasteiger charge is 2.29. The third-order valence-corrected chi connectivity index (χ3v) is 3.68. The molecule has 0 unspecified atom stereocenters. The smallest absolute Gasteiger partial charge is 0.232 e. The van der Waals surface area contributed by atoms with Gasteiger partial charge in [-0.2, -0.15) is 4.98 Å². The molecule has 0 atom stereocenters. The summed E-state index contributed by atoms with van der Waals surface area (Å²) < 4.78 is 0. The van der Waals surface area contributed by atoms with Gasteiger partial charge < -0.3 is 4.90 Å². The lowest BCUT2D eigenvalue weighted by atomic mass is 10.1. The van der Waals surface area contributed by atoms with Gasteiger partial charge in [0.05, 0.1) is 6.42 Å². The van der Waals surface area contributed by atoms with Gasteiger partial charge in [-0.25, -0.2) is 4.98 Å². The van der Waals surface area contributed by atoms with Crippen molar-refractivity contribution in [1.29, 1.82) is 0 Å². The second-order valence-corrected chi connectivity index (χ2v) is 4.88. The third kappa shape index (κ3) is 1.83. The number of fused-ring (bicyclic) bond motifs is 1. The average Bonchev–Trinajstić information content (AvgIpc) is 2.74. The standard InChI is InChI=1S/C13H18N4O/c1-2-17-11(18)8-10-9-14-13(15-12(10)17)16-6-4-3-5-7-16/h9H,2-8H2,1H3. The van der Waals surface area contributed by atoms with E-state index in [1.54, 1.807) is 4.90 Å². The number of aromatic nitrogens is 2. The minimum Gasteiger partial charge on any atom is -0.341 e. The highest BCUT2D eigenvalue weighted by atomic mass is 16.2. The highest BCUT2D eigenvalue weighted by molar-refractivity contribution is 6.00. The van der Waals surface area contributed by atoms with Crippen molar-refractivity contribution in [2.75, 3.05) is 29.4 Å². The zero-order chi connectivity index (χ0) is 12.5. The number of hydrogen-bond donors (Lipinski definition) is 0. The molecule has 1 amide bonds. The fourth-order valence-electron chi connectivity index (χ4n) is 2.70. The maximum atomic E-state index is 11.8. The SMILES string of the molecule is CCN1C(=O)Cc2cnc(N3CCCCC3)nc21. The predicted molar refractivity (Wildman–Crippen MR) is 69.8 cm³/mol. The Balaban J connectivity index is 1.91. The predicted octanol–water partition coefficient (Wildman–Crippen LogP) is 1.38. The van der Waals surface area contributed by atoms with Crippen LogP contribution in [0.5, 0.6) is 0 Å². The summed E-state index contributed by atoms with van der Waals surface area (Å²) in [7, 11) is 0. The zero-order valence-corrected chi connectivity index (χ0v) is 10.7. The quantitative estimate of drug-likeness (QED) is 0.791. The zero-order valence-electron chi connectivity index (χ0n) is 10.7. The number of amides is 1. The van der Waals surface area contributed by atoms with Crippen molar-refractivity contribution in [2.45, 2.75) is 32.6 Å². The number of carbonyl (C=O) groups excluding carboxylic acids is 1. The summed E-state index contributed by atoms with van der Waals surface area (Å²) in [5, 5.41) is 0. The molecule has 0 aromatic carbocycles. The molecule has 3 rings (SSSR count). The van der Waals surface area contributed by atoms with Crippen molar-refractivity contribution in [3.05, 3.63) is 11.8 Å². The van der Waals surface area contributed by atoms with Crippen molar-refractivity contribution < 1.29 is 4.79 Å². The Hall–Kier alpha value is -1.65. The largest absolute Gasteiger partial charge is 0.341 e. The molecule has 1 aromatic rings. The van der Waals surface area contributed by atoms with Gasteiger partial charge in [0, 0.05) is 31.4 Å². The molecule has 5 nitrogen and oxygen atoms in total. The number of rotatable bonds is 2. The van der Waals surface area contributed by atoms with Crippen LogP contribution in [-0.2, 0) is 11.2 Å². The first kappa shape index (κ1) is 11.4. The van der Waals surface area contributed by atoms with E-state index < -0.39 is 0 Å². The molecule has 18 heavy (non-hydrogen) atoms. The lowest BCUT2D eigenvalue weighted by Crippen LogP contribution is -2.32. The molecule has 2 aliphatic rings. The van der Waals surface area contributed by atoms with Crippen molar-refractivity contribution in [3.63, 3.8) is 0 Å². The van der Waals surface area contributed by atoms with E-state index in [0.29, 0.717) is 13.0 Å². The molecule has 1 aromatic heterocycles. The fraction of sp³-hybridized carbons (Fsp3) is 0.615. The van der Waals surface area contributed by atoms with Crippen LogP contribution in [-0.4, -0.2) is 35.5 Å². The van der Waals surface area contributed by atoms with Crippen molar-refractivity contribution >= 4 is 17.7 Å². The number of anilines is 2. The molecule has 0 bridgehead atoms. The van der Waals surface area contributed by atoms with Crippen LogP contribution in [0, 0.1) is 0 Å². The summed E-state index contributed by atoms with van der Waals surface area (Å²) in [6.45, 7) is 4.72. The summed E-state index contributed by atoms with van der Waals surface area (Å²) in [6.07, 6.45) is 5.97. The Kier molecular flexibility index (Phi) is 2.89. The maximum Gasteiger partial charge on any atom is 0.232 e. The second kappa shape index (κ2) is 4.55. The van der Waals surface area contributed by atoms with Crippen molar-refractivity contribution in [1.82, 2.24) is 9.97 Å². The first-order chi connectivity index (χ1) is 8.79. The summed E-state index contributed by atoms with van der Waals surface area (Å²) >= 11 is 0. The molecule has 96 valence electrons. The Bertz CT molecular complexity index is 468. The minimum atomic E-state index is 0.137. The lowest BCUT2D eigenvalue weighted by Gasteiger charge is -2.27. The average molecular weight is 246 g/mol. The van der Waals surface area contributed by atoms with Crippen LogP contribution in [0.3, 0.4) is 0 Å². The normalized spacial score (nSPS) is 19.3. The summed E-state index contributed by atoms with van der Waals surface area (Å²) in [5.41, 5.74) is 0.961. The maximum absolute atomic E-state index is 11.8. The molecule has 3 heterocycles. The number of carbonyl (C=O) groups is 1. The molecule has 0 aliphatic carbocycles. The van der Waals surface area contributed by atoms with Crippen LogP contribution in [0.4, 0.5) is 11.8 Å². The van der Waals surface area contributed by atoms with Crippen molar-refractivity contribution in [2.24, 2.45) is 0 Å². The molecule has 2 aliphatic heterocycles. The van der Waals surface area contributed by atoms with Gasteiger partial charge in [0.1, 0.15) is 5.82 Å². The van der Waals surface area contributed by atoms with E-state index in [1.165, 1.54) is 19.3 Å². The van der Waals surface area contributed by atoms with Crippen LogP contribution in [0.25, 0.3) is 0 Å². The van der Waals surface area contributed by atoms with E-state index in [9.17, 15) is 4.79 Å². The van der Waals surface area contributed by atoms with Gasteiger partial charge >= 0.3 is 0 Å². The summed E-state index contributed by atoms with van der Waals surface area (Å²) in [6, 6.07) is 0. The topological polar surface area (TPSA) is 49.3 Å². The van der Waals surface area contributed by atoms with E-state index in [4.69, 9.17) is 0 Å². The van der Waals surface area contributed by atoms with E-state index in [2.05, 4.69) is 14.9 Å². The Morgan fingerprint density at radius 1 is 1.28 bits per heavy atom. The number of hydrogen-bond acceptors (Lipinski definition) is 4. The lowest BCUT2D eigenvalue weighted by molar-refractivity contribution is -0.117. The Morgan fingerprint density at radius 3 is 2.78 bits per heavy atom. The van der Waals surface area contributed by atoms with Crippen molar-refractivity contribution in [3.8, 4) is 0 Å². The Labute approximate surface area is 107 Å². The van der Waals surface area contributed by atoms with Gasteiger partial charge in [-0.15, -0.1) is 0 Å². The molecule has 0 spiro atoms. The molecule has 5 heteroatoms. The summed E-state index contributed by atoms with van der Waals surface area (Å²) in [5.74, 6) is 1.73. The Morgan fingerprint density at radius 2 is 2.06 bits per heavy atom. The first-order valence-electron chi connectivity index (χ1n) is 6.71. The monoisotopic (exact) mass is 246 g/mol. The molecule has 0 saturated carbocycles. The van der Waals surface area contributed by atoms with Gasteiger partial charge in [0.2, 0.25) is 11.9 Å². The van der Waals surface area contributed by atoms with Gasteiger partial charge in [0.15, 0.2) is 0 Å². The van der Waals surface area contributed by atoms with Crippen LogP contribution in [0.2, 0.25) is 0 Å². The third-order valence-electron chi connectivity index (χ3n) is 3.68. The molecule has 0 radical (unpaired) electrons. The van der Waals surface area contributed by atoms with Crippen LogP contribution in [0.15, 0.2) is 6.20 Å². The van der Waals surface area contributed by atoms with Gasteiger partial charge in [-0.3, -0.25) is 9.69 Å². The van der Waals surface area contributed by atoms with Crippen LogP contribution >= 0.6 is 0 Å². The van der Waals surface area contributed by atoms with Crippen LogP contribution in [0.1, 0.15) is 31.7 Å². The van der Waals surface area contributed by atoms with Gasteiger partial charge in [0.25, 0.3) is 0 Å². The molecule has 0 N–H and O–H groups in total. The fourth-order valence-corrected chi connectivity index (χ4v) is 2.70. The highest BCUT2D eigenvalue weighted by Crippen LogP contribution is 2.28. The number of piperidine rings is 1. The number of likely N-dealkylation sites (N-methyl/N-ethyl adjacent to an activating group) is 1. The number of nitrogens with zero attached hydrogens (tertiary/aromatic N) is 4. The first-order valence-corrected chi connectivity index (χ1v) is 6.71. The van der Waals surface area contributed by atoms with E-state index in [0.717, 1.165) is 30.4 Å². The molecular formula is C13H18N4O. The van der Waals surface area contributed by atoms with Gasteiger partial charge in [-0.05, 0) is 26.2 Å². The minimum absolute atomic E-state index is 0.137.